The summed E-state index contributed by atoms with van der Waals surface area (Å²) in [6.45, 7) is -2.10. The molecular formula is C80H140F36O24. The molecule has 0 fully saturated rings. The molecule has 0 radical (unpaired) electrons. The van der Waals surface area contributed by atoms with Crippen molar-refractivity contribution in [3.63, 3.8) is 0 Å². The molecule has 12 unspecified atom stereocenters. The van der Waals surface area contributed by atoms with Crippen molar-refractivity contribution in [3.8, 4) is 0 Å². The molecule has 12 atom stereocenters. The van der Waals surface area contributed by atoms with Crippen molar-refractivity contribution in [2.75, 3.05) is 238 Å². The van der Waals surface area contributed by atoms with E-state index in [1.165, 1.54) is 62.3 Å². The Bertz CT molecular complexity index is 3220. The van der Waals surface area contributed by atoms with E-state index in [4.69, 9.17) is 52.1 Å². The second-order valence-corrected chi connectivity index (χ2v) is 36.9. The molecule has 0 aromatic rings. The van der Waals surface area contributed by atoms with Crippen LogP contribution in [-0.4, -0.2) is 388 Å². The number of halogens is 36. The maximum atomic E-state index is 13.6. The highest BCUT2D eigenvalue weighted by atomic mass is 19.5. The van der Waals surface area contributed by atoms with Crippen LogP contribution in [0.3, 0.4) is 0 Å². The third kappa shape index (κ3) is 70.4. The van der Waals surface area contributed by atoms with Gasteiger partial charge in [-0.25, -0.2) is 26.3 Å². The minimum atomic E-state index is -6.17. The molecule has 0 aliphatic carbocycles. The van der Waals surface area contributed by atoms with Gasteiger partial charge in [0.1, 0.15) is 45.9 Å². The number of hydrogen-bond acceptors (Lipinski definition) is 24. The van der Waals surface area contributed by atoms with Crippen LogP contribution in [-0.2, 0) is 75.8 Å². The lowest BCUT2D eigenvalue weighted by molar-refractivity contribution is -0.303. The van der Waals surface area contributed by atoms with E-state index in [1.54, 1.807) is 20.8 Å². The summed E-state index contributed by atoms with van der Waals surface area (Å²) >= 11 is 0. The molecule has 140 heavy (non-hydrogen) atoms. The zero-order valence-corrected chi connectivity index (χ0v) is 78.7. The molecule has 856 valence electrons. The minimum absolute atomic E-state index is 0. The third-order valence-electron chi connectivity index (χ3n) is 18.5. The first-order valence-corrected chi connectivity index (χ1v) is 42.0. The zero-order chi connectivity index (χ0) is 110. The smallest absolute Gasteiger partial charge is 0.396 e. The molecule has 0 spiro atoms. The monoisotopic (exact) mass is 2170 g/mol. The second kappa shape index (κ2) is 62.2. The van der Waals surface area contributed by atoms with E-state index in [0.717, 1.165) is 0 Å². The molecule has 0 saturated carbocycles. The van der Waals surface area contributed by atoms with E-state index >= 15 is 0 Å². The Morgan fingerprint density at radius 2 is 0.386 bits per heavy atom. The summed E-state index contributed by atoms with van der Waals surface area (Å²) in [7, 11) is 0. The fraction of sp³-hybridized carbons (Fsp3) is 1.00. The van der Waals surface area contributed by atoms with Crippen LogP contribution in [0.25, 0.3) is 0 Å². The molecule has 0 amide bonds. The number of aliphatic hydroxyl groups is 8. The normalized spacial score (nSPS) is 18.0. The molecule has 0 aromatic carbocycles. The first kappa shape index (κ1) is 143. The van der Waals surface area contributed by atoms with Crippen LogP contribution >= 0.6 is 0 Å². The van der Waals surface area contributed by atoms with Gasteiger partial charge in [-0.2, -0.15) is 132 Å². The van der Waals surface area contributed by atoms with E-state index in [-0.39, 0.29) is 118 Å². The molecule has 0 bridgehead atoms. The van der Waals surface area contributed by atoms with Gasteiger partial charge in [-0.15, -0.1) is 0 Å². The summed E-state index contributed by atoms with van der Waals surface area (Å²) in [5.41, 5.74) is -9.18. The van der Waals surface area contributed by atoms with E-state index in [9.17, 15) is 199 Å². The van der Waals surface area contributed by atoms with Gasteiger partial charge in [0.15, 0.2) is 0 Å². The lowest BCUT2D eigenvalue weighted by Crippen LogP contribution is -2.44. The molecule has 0 saturated heterocycles. The SMILES string of the molecule is CC(COCC(C)(CO)COCC(F)(F)F)OCC(C)(CO)COCC(F)(F)F.CC(COCC(C)(CO)COCCC(F)(F)C(F)(F)F)OCC(C)(CO)COCC(F)(F)CC(F)(F)F.CC(COCC(C)(CO)COCCC(F)(F)CC(F)(F)F)OCC(C)(CO)COCC(F)(F)CC(F)(F)C(F)(F)F.CC(COCC(C)(CO)COCCC(F)(F)F)OCC(C)(CO)COCC(F)(F)C(F)(F)F.[HH].[HH].[HH].[HH]. The number of rotatable bonds is 72. The summed E-state index contributed by atoms with van der Waals surface area (Å²) in [5, 5.41) is 75.8. The molecule has 0 rings (SSSR count). The second-order valence-electron chi connectivity index (χ2n) is 36.9. The van der Waals surface area contributed by atoms with Crippen LogP contribution in [0.15, 0.2) is 0 Å². The molecule has 60 heteroatoms. The quantitative estimate of drug-likeness (QED) is 0.0207. The highest BCUT2D eigenvalue weighted by Gasteiger charge is 2.63. The van der Waals surface area contributed by atoms with Crippen LogP contribution in [0, 0.1) is 43.3 Å². The molecule has 0 aliphatic rings. The lowest BCUT2D eigenvalue weighted by Gasteiger charge is -2.31. The van der Waals surface area contributed by atoms with Gasteiger partial charge in [0, 0.05) is 61.9 Å². The predicted octanol–water partition coefficient (Wildman–Crippen LogP) is 17.4. The highest BCUT2D eigenvalue weighted by molar-refractivity contribution is 4.87. The Hall–Kier alpha value is -3.48. The number of ether oxygens (including phenoxy) is 16. The Kier molecular flexibility index (Phi) is 63.5. The van der Waals surface area contributed by atoms with Crippen LogP contribution in [0.5, 0.6) is 0 Å². The fourth-order valence-electron chi connectivity index (χ4n) is 9.65. The Morgan fingerprint density at radius 1 is 0.186 bits per heavy atom. The summed E-state index contributed by atoms with van der Waals surface area (Å²) in [5.74, 6) is -28.3. The highest BCUT2D eigenvalue weighted by Crippen LogP contribution is 2.45. The standard InChI is InChI=1S/C23H36F12O6.C21H34F10O6.C19H32F8O6.C17H30F6O6.4H2/c1-16(6-39-12-17(2,9-36)11-38-5-4-19(24,25)8-22(30,31)32)41-14-18(3,10-37)13-40-15-20(26,27)7-21(28,29)23(33,34)35;1-15(37-13-17(3,9-33)12-36-14-18(22,23)7-20(26,27)28)6-35-11-16(2,8-32)10-34-5-4-19(24,25)21(29,30)31;1-14(6-31-10-15(2,7-28)9-30-5-4-18(22,23)24)33-12-16(3,8-29)11-32-13-17(20,21)19(25,26)27;1-13(29-10-15(3,6-25)9-28-12-17(21,22)23)4-26-7-14(2,5-24)8-27-11-16(18,19)20;;;;/h16,36-37H,4-15H2,1-3H3;15,32-33H,4-14H2,1-3H3;14,28-29H,4-13H2,1-3H3;13,24-25H,4-12H2,1-3H3;4*1H. The van der Waals surface area contributed by atoms with Gasteiger partial charge >= 0.3 is 67.2 Å². The van der Waals surface area contributed by atoms with E-state index in [0.29, 0.717) is 0 Å². The van der Waals surface area contributed by atoms with Crippen molar-refractivity contribution in [3.05, 3.63) is 0 Å². The Labute approximate surface area is 791 Å². The minimum Gasteiger partial charge on any atom is -0.396 e. The topological polar surface area (TPSA) is 310 Å². The Balaban J connectivity index is -0.000000285. The fourth-order valence-corrected chi connectivity index (χ4v) is 9.65. The summed E-state index contributed by atoms with van der Waals surface area (Å²) < 4.78 is 530. The maximum Gasteiger partial charge on any atom is 0.455 e. The molecule has 24 nitrogen and oxygen atoms in total. The summed E-state index contributed by atoms with van der Waals surface area (Å²) in [6, 6.07) is 0. The number of aliphatic hydroxyl groups excluding tert-OH is 8. The zero-order valence-electron chi connectivity index (χ0n) is 78.7. The van der Waals surface area contributed by atoms with Crippen molar-refractivity contribution in [1.82, 2.24) is 0 Å². The van der Waals surface area contributed by atoms with E-state index in [1.807, 2.05) is 0 Å². The summed E-state index contributed by atoms with van der Waals surface area (Å²) in [4.78, 5) is 0. The first-order valence-electron chi connectivity index (χ1n) is 42.0. The number of alkyl halides is 36. The van der Waals surface area contributed by atoms with Crippen LogP contribution in [0.1, 0.15) is 127 Å². The van der Waals surface area contributed by atoms with Crippen molar-refractivity contribution in [2.45, 2.75) is 231 Å². The van der Waals surface area contributed by atoms with Gasteiger partial charge in [0.05, 0.1) is 242 Å². The van der Waals surface area contributed by atoms with E-state index < -0.39 is 317 Å². The first-order chi connectivity index (χ1) is 62.9. The number of hydrogen-bond donors (Lipinski definition) is 8. The molecule has 0 aliphatic heterocycles. The van der Waals surface area contributed by atoms with Gasteiger partial charge in [0.25, 0.3) is 17.8 Å². The molecule has 8 N–H and O–H groups in total. The lowest BCUT2D eigenvalue weighted by atomic mass is 9.94. The molecule has 0 heterocycles. The van der Waals surface area contributed by atoms with Crippen LogP contribution < -0.4 is 0 Å². The Morgan fingerprint density at radius 3 is 0.614 bits per heavy atom. The van der Waals surface area contributed by atoms with Crippen molar-refractivity contribution < 1.29 is 280 Å². The molecular weight excluding hydrogens is 2030 g/mol. The van der Waals surface area contributed by atoms with Crippen molar-refractivity contribution in [1.29, 1.82) is 0 Å². The predicted molar refractivity (Wildman–Crippen MR) is 427 cm³/mol. The average molecular weight is 2170 g/mol. The van der Waals surface area contributed by atoms with E-state index in [2.05, 4.69) is 23.7 Å². The van der Waals surface area contributed by atoms with Crippen LogP contribution in [0.4, 0.5) is 158 Å². The average Bonchev–Trinajstić information content (AvgIpc) is 0.807. The summed E-state index contributed by atoms with van der Waals surface area (Å²) in [6.07, 6.45) is -54.9. The van der Waals surface area contributed by atoms with Gasteiger partial charge in [-0.1, -0.05) is 55.4 Å². The van der Waals surface area contributed by atoms with Crippen LogP contribution in [0.2, 0.25) is 0 Å². The van der Waals surface area contributed by atoms with Gasteiger partial charge in [0.2, 0.25) is 0 Å². The van der Waals surface area contributed by atoms with Gasteiger partial charge in [-0.05, 0) is 27.7 Å². The van der Waals surface area contributed by atoms with Gasteiger partial charge < -0.3 is 117 Å². The largest absolute Gasteiger partial charge is 0.455 e. The van der Waals surface area contributed by atoms with Crippen molar-refractivity contribution >= 4 is 0 Å². The van der Waals surface area contributed by atoms with Gasteiger partial charge in [-0.3, -0.25) is 0 Å². The van der Waals surface area contributed by atoms with Crippen molar-refractivity contribution in [2.24, 2.45) is 43.3 Å². The third-order valence-corrected chi connectivity index (χ3v) is 18.5. The maximum absolute atomic E-state index is 13.6. The molecule has 0 aromatic heterocycles.